The highest BCUT2D eigenvalue weighted by Crippen LogP contribution is 2.34. The molecule has 0 atom stereocenters. The van der Waals surface area contributed by atoms with Gasteiger partial charge in [-0.15, -0.1) is 0 Å². The van der Waals surface area contributed by atoms with E-state index < -0.39 is 49.3 Å². The smallest absolute Gasteiger partial charge is 0.422 e. The molecule has 2 rings (SSSR count). The largest absolute Gasteiger partial charge is 0.468 e. The highest BCUT2D eigenvalue weighted by Gasteiger charge is 2.30. The average molecular weight is 558 g/mol. The molecule has 2 aromatic rings. The van der Waals surface area contributed by atoms with Crippen molar-refractivity contribution < 1.29 is 40.6 Å². The fourth-order valence-corrected chi connectivity index (χ4v) is 3.13. The first-order valence-corrected chi connectivity index (χ1v) is 9.27. The van der Waals surface area contributed by atoms with Gasteiger partial charge in [0.05, 0.1) is 21.8 Å². The number of alkyl halides is 6. The Balaban J connectivity index is 2.21. The molecule has 0 radical (unpaired) electrons. The zero-order valence-corrected chi connectivity index (χ0v) is 17.8. The van der Waals surface area contributed by atoms with Crippen LogP contribution in [0.25, 0.3) is 0 Å². The first kappa shape index (κ1) is 25.1. The van der Waals surface area contributed by atoms with Crippen molar-refractivity contribution in [1.29, 1.82) is 0 Å². The molecule has 1 heterocycles. The van der Waals surface area contributed by atoms with E-state index in [4.69, 9.17) is 23.2 Å². The molecule has 0 aliphatic rings. The summed E-state index contributed by atoms with van der Waals surface area (Å²) in [5, 5.41) is 4.33. The topological polar surface area (TPSA) is 85.4 Å². The van der Waals surface area contributed by atoms with Crippen molar-refractivity contribution in [3.63, 3.8) is 0 Å². The number of amides is 2. The van der Waals surface area contributed by atoms with Gasteiger partial charge in [0.25, 0.3) is 0 Å². The second-order valence-corrected chi connectivity index (χ2v) is 7.23. The Morgan fingerprint density at radius 1 is 0.903 bits per heavy atom. The molecule has 1 aromatic carbocycles. The second-order valence-electron chi connectivity index (χ2n) is 5.50. The molecule has 0 bridgehead atoms. The zero-order valence-electron chi connectivity index (χ0n) is 14.7. The van der Waals surface area contributed by atoms with Gasteiger partial charge in [-0.1, -0.05) is 39.1 Å². The van der Waals surface area contributed by atoms with Crippen molar-refractivity contribution in [3.8, 4) is 11.8 Å². The minimum absolute atomic E-state index is 0.0259. The monoisotopic (exact) mass is 556 g/mol. The van der Waals surface area contributed by atoms with Gasteiger partial charge in [-0.25, -0.2) is 4.79 Å². The van der Waals surface area contributed by atoms with Gasteiger partial charge in [0.15, 0.2) is 13.2 Å². The van der Waals surface area contributed by atoms with E-state index >= 15 is 0 Å². The van der Waals surface area contributed by atoms with Crippen molar-refractivity contribution in [1.82, 2.24) is 9.97 Å². The van der Waals surface area contributed by atoms with Crippen LogP contribution in [0, 0.1) is 0 Å². The van der Waals surface area contributed by atoms with Crippen LogP contribution in [0.1, 0.15) is 0 Å². The molecule has 0 spiro atoms. The van der Waals surface area contributed by atoms with Gasteiger partial charge in [0.1, 0.15) is 0 Å². The Kier molecular flexibility index (Phi) is 8.05. The molecule has 2 N–H and O–H groups in total. The second kappa shape index (κ2) is 9.96. The zero-order chi connectivity index (χ0) is 23.4. The number of carbonyl (C=O) groups is 1. The molecule has 0 aliphatic heterocycles. The highest BCUT2D eigenvalue weighted by molar-refractivity contribution is 9.10. The summed E-state index contributed by atoms with van der Waals surface area (Å²) in [5.41, 5.74) is -0.0259. The van der Waals surface area contributed by atoms with Crippen molar-refractivity contribution in [3.05, 3.63) is 32.7 Å². The minimum Gasteiger partial charge on any atom is -0.468 e. The Labute approximate surface area is 188 Å². The van der Waals surface area contributed by atoms with E-state index in [1.54, 1.807) is 0 Å². The Hall–Kier alpha value is -2.19. The van der Waals surface area contributed by atoms with Crippen LogP contribution in [0.5, 0.6) is 11.8 Å². The van der Waals surface area contributed by atoms with Gasteiger partial charge >= 0.3 is 18.4 Å². The Morgan fingerprint density at radius 2 is 1.35 bits per heavy atom. The molecule has 0 aliphatic carbocycles. The lowest BCUT2D eigenvalue weighted by Gasteiger charge is -2.14. The van der Waals surface area contributed by atoms with Crippen molar-refractivity contribution >= 4 is 56.8 Å². The Bertz CT molecular complexity index is 902. The number of nitrogens with one attached hydrogen (secondary N) is 2. The number of hydrogen-bond acceptors (Lipinski definition) is 5. The number of anilines is 2. The predicted molar refractivity (Wildman–Crippen MR) is 102 cm³/mol. The normalized spacial score (nSPS) is 11.8. The molecule has 31 heavy (non-hydrogen) atoms. The van der Waals surface area contributed by atoms with Crippen LogP contribution in [-0.2, 0) is 0 Å². The van der Waals surface area contributed by atoms with E-state index in [0.29, 0.717) is 10.5 Å². The SMILES string of the molecule is O=C(Nc1nc(OCC(F)(F)F)cc(OCC(F)(F)F)n1)Nc1c(Cl)cc(Br)cc1Cl. The molecule has 7 nitrogen and oxygen atoms in total. The van der Waals surface area contributed by atoms with Gasteiger partial charge in [-0.3, -0.25) is 5.32 Å². The maximum atomic E-state index is 12.3. The quantitative estimate of drug-likeness (QED) is 0.421. The summed E-state index contributed by atoms with van der Waals surface area (Å²) in [6.45, 7) is -3.59. The Morgan fingerprint density at radius 3 is 1.77 bits per heavy atom. The minimum atomic E-state index is -4.75. The van der Waals surface area contributed by atoms with E-state index in [0.717, 1.165) is 0 Å². The number of benzene rings is 1. The standard InChI is InChI=1S/C15H9BrCl2F6N4O3/c16-6-1-7(17)11(8(18)2-6)27-13(29)28-12-25-9(30-4-14(19,20)21)3-10(26-12)31-5-15(22,23)24/h1-3H,4-5H2,(H2,25,26,27,28,29). The molecule has 0 fully saturated rings. The van der Waals surface area contributed by atoms with Gasteiger partial charge in [0, 0.05) is 4.47 Å². The molecular weight excluding hydrogens is 549 g/mol. The van der Waals surface area contributed by atoms with Crippen LogP contribution in [0.2, 0.25) is 10.0 Å². The maximum absolute atomic E-state index is 12.3. The molecule has 0 unspecified atom stereocenters. The summed E-state index contributed by atoms with van der Waals surface area (Å²) in [4.78, 5) is 19.1. The van der Waals surface area contributed by atoms with Crippen molar-refractivity contribution in [2.24, 2.45) is 0 Å². The van der Waals surface area contributed by atoms with Crippen molar-refractivity contribution in [2.45, 2.75) is 12.4 Å². The fourth-order valence-electron chi connectivity index (χ4n) is 1.83. The number of halogens is 9. The maximum Gasteiger partial charge on any atom is 0.422 e. The van der Waals surface area contributed by atoms with Gasteiger partial charge in [-0.2, -0.15) is 36.3 Å². The van der Waals surface area contributed by atoms with Gasteiger partial charge in [-0.05, 0) is 12.1 Å². The molecule has 1 aromatic heterocycles. The number of rotatable bonds is 6. The summed E-state index contributed by atoms with van der Waals surface area (Å²) in [6, 6.07) is 2.37. The van der Waals surface area contributed by atoms with E-state index in [-0.39, 0.29) is 15.7 Å². The number of carbonyl (C=O) groups excluding carboxylic acids is 1. The third kappa shape index (κ3) is 8.83. The fraction of sp³-hybridized carbons (Fsp3) is 0.267. The third-order valence-electron chi connectivity index (χ3n) is 2.92. The van der Waals surface area contributed by atoms with Crippen molar-refractivity contribution in [2.75, 3.05) is 23.8 Å². The van der Waals surface area contributed by atoms with E-state index in [9.17, 15) is 31.1 Å². The first-order chi connectivity index (χ1) is 14.2. The van der Waals surface area contributed by atoms with Crippen LogP contribution >= 0.6 is 39.1 Å². The van der Waals surface area contributed by atoms with Crippen LogP contribution in [0.15, 0.2) is 22.7 Å². The first-order valence-electron chi connectivity index (χ1n) is 7.72. The average Bonchev–Trinajstić information content (AvgIpc) is 2.60. The number of hydrogen-bond donors (Lipinski definition) is 2. The number of nitrogens with zero attached hydrogens (tertiary/aromatic N) is 2. The summed E-state index contributed by atoms with van der Waals surface area (Å²) in [7, 11) is 0. The number of ether oxygens (including phenoxy) is 2. The van der Waals surface area contributed by atoms with E-state index in [1.807, 2.05) is 5.32 Å². The van der Waals surface area contributed by atoms with Gasteiger partial charge < -0.3 is 14.8 Å². The highest BCUT2D eigenvalue weighted by atomic mass is 79.9. The van der Waals surface area contributed by atoms with Crippen LogP contribution < -0.4 is 20.1 Å². The van der Waals surface area contributed by atoms with Crippen LogP contribution in [0.4, 0.5) is 42.8 Å². The molecule has 2 amide bonds. The van der Waals surface area contributed by atoms with Crippen LogP contribution in [0.3, 0.4) is 0 Å². The molecule has 0 saturated carbocycles. The summed E-state index contributed by atoms with van der Waals surface area (Å²) in [6.07, 6.45) is -9.50. The predicted octanol–water partition coefficient (Wildman–Crippen LogP) is 6.07. The lowest BCUT2D eigenvalue weighted by Crippen LogP contribution is -2.23. The molecular formula is C15H9BrCl2F6N4O3. The summed E-state index contributed by atoms with van der Waals surface area (Å²) in [5.74, 6) is -2.29. The third-order valence-corrected chi connectivity index (χ3v) is 3.97. The van der Waals surface area contributed by atoms with E-state index in [1.165, 1.54) is 12.1 Å². The lowest BCUT2D eigenvalue weighted by molar-refractivity contribution is -0.154. The summed E-state index contributed by atoms with van der Waals surface area (Å²) >= 11 is 15.1. The van der Waals surface area contributed by atoms with Crippen LogP contribution in [-0.4, -0.2) is 41.6 Å². The van der Waals surface area contributed by atoms with Gasteiger partial charge in [0.2, 0.25) is 17.7 Å². The van der Waals surface area contributed by atoms with E-state index in [2.05, 4.69) is 40.7 Å². The number of urea groups is 1. The number of aromatic nitrogens is 2. The molecule has 16 heteroatoms. The molecule has 0 saturated heterocycles. The summed E-state index contributed by atoms with van der Waals surface area (Å²) < 4.78 is 83.3. The molecule has 170 valence electrons. The lowest BCUT2D eigenvalue weighted by atomic mass is 10.3.